The van der Waals surface area contributed by atoms with Gasteiger partial charge in [0.15, 0.2) is 0 Å². The van der Waals surface area contributed by atoms with Gasteiger partial charge in [0.2, 0.25) is 0 Å². The van der Waals surface area contributed by atoms with Crippen molar-refractivity contribution in [1.82, 2.24) is 0 Å². The summed E-state index contributed by atoms with van der Waals surface area (Å²) in [6, 6.07) is 25.3. The first kappa shape index (κ1) is 22.0. The Labute approximate surface area is 167 Å². The maximum Gasteiger partial charge on any atom is 0.522 e. The van der Waals surface area contributed by atoms with Crippen molar-refractivity contribution >= 4 is 22.7 Å². The molecule has 0 amide bonds. The van der Waals surface area contributed by atoms with Gasteiger partial charge in [0.1, 0.15) is 0 Å². The minimum Gasteiger partial charge on any atom is -0.279 e. The zero-order valence-electron chi connectivity index (χ0n) is 14.7. The summed E-state index contributed by atoms with van der Waals surface area (Å²) >= 11 is 4.58. The van der Waals surface area contributed by atoms with Crippen LogP contribution < -0.4 is 0 Å². The molecule has 0 aliphatic rings. The summed E-state index contributed by atoms with van der Waals surface area (Å²) in [7, 11) is -5.84. The highest BCUT2D eigenvalue weighted by atomic mass is 32.2. The fraction of sp³-hybridized carbons (Fsp3) is 0.100. The molecule has 1 N–H and O–H groups in total. The molecule has 28 heavy (non-hydrogen) atoms. The predicted molar refractivity (Wildman–Crippen MR) is 107 cm³/mol. The maximum atomic E-state index is 10.7. The van der Waals surface area contributed by atoms with Crippen molar-refractivity contribution in [2.75, 3.05) is 0 Å². The van der Waals surface area contributed by atoms with Crippen LogP contribution in [0.15, 0.2) is 77.7 Å². The van der Waals surface area contributed by atoms with Gasteiger partial charge in [-0.2, -0.15) is 21.6 Å². The van der Waals surface area contributed by atoms with Gasteiger partial charge in [0, 0.05) is 4.90 Å². The van der Waals surface area contributed by atoms with Crippen LogP contribution in [0.2, 0.25) is 0 Å². The molecule has 0 aliphatic heterocycles. The molecule has 0 aromatic heterocycles. The summed E-state index contributed by atoms with van der Waals surface area (Å²) in [5, 5.41) is 0. The van der Waals surface area contributed by atoms with E-state index in [1.807, 2.05) is 12.1 Å². The average molecular weight is 426 g/mol. The highest BCUT2D eigenvalue weighted by Crippen LogP contribution is 2.37. The normalized spacial score (nSPS) is 11.5. The Bertz CT molecular complexity index is 1030. The summed E-state index contributed by atoms with van der Waals surface area (Å²) in [5.74, 6) is 0. The first-order valence-electron chi connectivity index (χ1n) is 7.99. The first-order valence-corrected chi connectivity index (χ1v) is 9.88. The van der Waals surface area contributed by atoms with Gasteiger partial charge < -0.3 is 0 Å². The van der Waals surface area contributed by atoms with E-state index in [4.69, 9.17) is 13.0 Å². The molecule has 0 radical (unpaired) electrons. The lowest BCUT2D eigenvalue weighted by Gasteiger charge is -2.15. The van der Waals surface area contributed by atoms with E-state index in [1.54, 1.807) is 0 Å². The van der Waals surface area contributed by atoms with E-state index in [2.05, 4.69) is 80.2 Å². The van der Waals surface area contributed by atoms with E-state index < -0.39 is 15.6 Å². The molecule has 3 aromatic carbocycles. The quantitative estimate of drug-likeness (QED) is 0.300. The van der Waals surface area contributed by atoms with Crippen molar-refractivity contribution in [2.24, 2.45) is 0 Å². The molecule has 0 saturated carbocycles. The van der Waals surface area contributed by atoms with Crippen LogP contribution in [0.4, 0.5) is 13.2 Å². The molecule has 0 aliphatic carbocycles. The number of alkyl halides is 3. The zero-order chi connectivity index (χ0) is 20.9. The SMILES string of the molecule is Cc1c(S)ccc(-c2ccccc2)c1-c1ccccc1.O=S(=O)(O)C(F)(F)F. The second-order valence-electron chi connectivity index (χ2n) is 5.79. The third kappa shape index (κ3) is 5.37. The summed E-state index contributed by atoms with van der Waals surface area (Å²) < 4.78 is 57.5. The van der Waals surface area contributed by atoms with E-state index in [0.717, 1.165) is 4.90 Å². The first-order chi connectivity index (χ1) is 13.0. The van der Waals surface area contributed by atoms with Crippen molar-refractivity contribution in [3.63, 3.8) is 0 Å². The lowest BCUT2D eigenvalue weighted by molar-refractivity contribution is -0.0510. The molecule has 0 spiro atoms. The van der Waals surface area contributed by atoms with Gasteiger partial charge in [-0.25, -0.2) is 0 Å². The fourth-order valence-electron chi connectivity index (χ4n) is 2.54. The van der Waals surface area contributed by atoms with E-state index in [-0.39, 0.29) is 0 Å². The second kappa shape index (κ2) is 8.81. The molecule has 0 atom stereocenters. The molecular formula is C20H17F3O3S2. The Morgan fingerprint density at radius 1 is 0.821 bits per heavy atom. The van der Waals surface area contributed by atoms with Gasteiger partial charge >= 0.3 is 15.6 Å². The van der Waals surface area contributed by atoms with E-state index in [0.29, 0.717) is 0 Å². The highest BCUT2D eigenvalue weighted by molar-refractivity contribution is 7.86. The Kier molecular flexibility index (Phi) is 6.92. The summed E-state index contributed by atoms with van der Waals surface area (Å²) in [6.45, 7) is 2.14. The highest BCUT2D eigenvalue weighted by Gasteiger charge is 2.44. The van der Waals surface area contributed by atoms with Crippen LogP contribution in [-0.4, -0.2) is 18.5 Å². The van der Waals surface area contributed by atoms with Crippen LogP contribution in [0.5, 0.6) is 0 Å². The fourth-order valence-corrected chi connectivity index (χ4v) is 2.72. The number of benzene rings is 3. The third-order valence-electron chi connectivity index (χ3n) is 3.88. The maximum absolute atomic E-state index is 10.7. The average Bonchev–Trinajstić information content (AvgIpc) is 2.64. The Morgan fingerprint density at radius 3 is 1.68 bits per heavy atom. The minimum atomic E-state index is -5.84. The van der Waals surface area contributed by atoms with Gasteiger partial charge in [-0.15, -0.1) is 12.6 Å². The summed E-state index contributed by atoms with van der Waals surface area (Å²) in [4.78, 5) is 1.03. The van der Waals surface area contributed by atoms with Gasteiger partial charge in [-0.1, -0.05) is 66.7 Å². The molecular weight excluding hydrogens is 409 g/mol. The topological polar surface area (TPSA) is 54.4 Å². The lowest BCUT2D eigenvalue weighted by Crippen LogP contribution is -2.21. The molecule has 0 unspecified atom stereocenters. The van der Waals surface area contributed by atoms with Crippen molar-refractivity contribution in [3.8, 4) is 22.3 Å². The van der Waals surface area contributed by atoms with Crippen molar-refractivity contribution in [3.05, 3.63) is 78.4 Å². The van der Waals surface area contributed by atoms with Crippen LogP contribution in [0.25, 0.3) is 22.3 Å². The van der Waals surface area contributed by atoms with E-state index in [1.165, 1.54) is 27.8 Å². The summed E-state index contributed by atoms with van der Waals surface area (Å²) in [6.07, 6.45) is 0. The standard InChI is InChI=1S/C19H16S.CHF3O3S/c1-14-18(20)13-12-17(15-8-4-2-5-9-15)19(14)16-10-6-3-7-11-16;2-1(3,4)8(5,6)7/h2-13,20H,1H3;(H,5,6,7). The lowest BCUT2D eigenvalue weighted by atomic mass is 9.91. The number of rotatable bonds is 2. The van der Waals surface area contributed by atoms with Crippen LogP contribution in [-0.2, 0) is 10.1 Å². The molecule has 3 nitrogen and oxygen atoms in total. The van der Waals surface area contributed by atoms with Crippen LogP contribution >= 0.6 is 12.6 Å². The van der Waals surface area contributed by atoms with Gasteiger partial charge in [-0.05, 0) is 40.8 Å². The van der Waals surface area contributed by atoms with Crippen LogP contribution in [0.1, 0.15) is 5.56 Å². The number of hydrogen-bond acceptors (Lipinski definition) is 3. The van der Waals surface area contributed by atoms with Crippen molar-refractivity contribution < 1.29 is 26.1 Å². The van der Waals surface area contributed by atoms with Gasteiger partial charge in [-0.3, -0.25) is 4.55 Å². The molecule has 0 saturated heterocycles. The minimum absolute atomic E-state index is 1.03. The van der Waals surface area contributed by atoms with Crippen LogP contribution in [0, 0.1) is 6.92 Å². The Balaban J connectivity index is 0.000000300. The Hall–Kier alpha value is -2.29. The van der Waals surface area contributed by atoms with Gasteiger partial charge in [0.05, 0.1) is 0 Å². The largest absolute Gasteiger partial charge is 0.522 e. The number of hydrogen-bond donors (Lipinski definition) is 2. The monoisotopic (exact) mass is 426 g/mol. The van der Waals surface area contributed by atoms with E-state index >= 15 is 0 Å². The molecule has 148 valence electrons. The number of thiol groups is 1. The summed E-state index contributed by atoms with van der Waals surface area (Å²) in [5.41, 5.74) is 0.687. The van der Waals surface area contributed by atoms with Gasteiger partial charge in [0.25, 0.3) is 0 Å². The molecule has 3 rings (SSSR count). The van der Waals surface area contributed by atoms with Crippen molar-refractivity contribution in [1.29, 1.82) is 0 Å². The number of halogens is 3. The molecule has 0 fully saturated rings. The predicted octanol–water partition coefficient (Wildman–Crippen LogP) is 6.01. The third-order valence-corrected chi connectivity index (χ3v) is 4.95. The Morgan fingerprint density at radius 2 is 1.25 bits per heavy atom. The van der Waals surface area contributed by atoms with E-state index in [9.17, 15) is 13.2 Å². The molecule has 0 heterocycles. The van der Waals surface area contributed by atoms with Crippen molar-refractivity contribution in [2.45, 2.75) is 17.3 Å². The smallest absolute Gasteiger partial charge is 0.279 e. The zero-order valence-corrected chi connectivity index (χ0v) is 16.4. The van der Waals surface area contributed by atoms with Crippen LogP contribution in [0.3, 0.4) is 0 Å². The molecule has 3 aromatic rings. The molecule has 0 bridgehead atoms. The second-order valence-corrected chi connectivity index (χ2v) is 7.68. The molecule has 8 heteroatoms.